The lowest BCUT2D eigenvalue weighted by atomic mass is 10.0. The predicted molar refractivity (Wildman–Crippen MR) is 317 cm³/mol. The van der Waals surface area contributed by atoms with Crippen LogP contribution in [-0.4, -0.2) is 74.9 Å². The van der Waals surface area contributed by atoms with Gasteiger partial charge in [0.15, 0.2) is 6.10 Å². The molecule has 10 heteroatoms. The van der Waals surface area contributed by atoms with Crippen LogP contribution in [0.25, 0.3) is 0 Å². The van der Waals surface area contributed by atoms with Crippen LogP contribution in [0, 0.1) is 0 Å². The van der Waals surface area contributed by atoms with E-state index in [1.165, 1.54) is 205 Å². The van der Waals surface area contributed by atoms with Gasteiger partial charge in [-0.05, 0) is 77.0 Å². The molecule has 0 saturated carbocycles. The fourth-order valence-corrected chi connectivity index (χ4v) is 9.70. The molecule has 0 aromatic heterocycles. The summed E-state index contributed by atoms with van der Waals surface area (Å²) in [5.41, 5.74) is 0. The van der Waals surface area contributed by atoms with Crippen molar-refractivity contribution in [2.24, 2.45) is 0 Å². The molecule has 0 heterocycles. The van der Waals surface area contributed by atoms with E-state index in [2.05, 4.69) is 62.5 Å². The third-order valence-corrected chi connectivity index (χ3v) is 14.8. The van der Waals surface area contributed by atoms with Crippen molar-refractivity contribution in [1.82, 2.24) is 0 Å². The van der Waals surface area contributed by atoms with Gasteiger partial charge in [-0.3, -0.25) is 18.6 Å². The van der Waals surface area contributed by atoms with Crippen molar-refractivity contribution < 1.29 is 42.1 Å². The third kappa shape index (κ3) is 59.2. The SMILES string of the molecule is CCCCCCC/C=C\C/C=C\C/C=C\CCCCCCCCCCC(=O)OC(COC(=O)CCCCCCCCCCCCCCCCC/C=C\CCCCCCCCCC)COP(=O)(O)OCC[N+](C)(C)C. The van der Waals surface area contributed by atoms with Crippen molar-refractivity contribution in [3.05, 3.63) is 48.6 Å². The van der Waals surface area contributed by atoms with Gasteiger partial charge in [-0.25, -0.2) is 4.57 Å². The van der Waals surface area contributed by atoms with Crippen LogP contribution in [0.1, 0.15) is 296 Å². The first-order chi connectivity index (χ1) is 36.0. The Kier molecular flexibility index (Phi) is 54.2. The van der Waals surface area contributed by atoms with Gasteiger partial charge in [-0.1, -0.05) is 255 Å². The van der Waals surface area contributed by atoms with Crippen LogP contribution in [-0.2, 0) is 32.7 Å². The quantitative estimate of drug-likeness (QED) is 0.0211. The number of nitrogens with zero attached hydrogens (tertiary/aromatic N) is 1. The molecule has 9 nitrogen and oxygen atoms in total. The summed E-state index contributed by atoms with van der Waals surface area (Å²) >= 11 is 0. The number of carbonyl (C=O) groups is 2. The Balaban J connectivity index is 4.11. The summed E-state index contributed by atoms with van der Waals surface area (Å²) in [7, 11) is 1.48. The molecule has 0 spiro atoms. The van der Waals surface area contributed by atoms with Crippen molar-refractivity contribution in [2.45, 2.75) is 302 Å². The Bertz CT molecular complexity index is 1390. The molecule has 434 valence electrons. The Morgan fingerprint density at radius 3 is 1.09 bits per heavy atom. The standard InChI is InChI=1S/C64H120NO8P/c1-6-8-10-12-14-16-18-20-22-24-26-28-30-31-32-33-35-36-38-40-42-44-46-48-50-52-54-56-63(66)70-60-62(61-72-74(68,69)71-59-58-65(3,4)5)73-64(67)57-55-53-51-49-47-45-43-41-39-37-34-29-27-25-23-21-19-17-15-13-11-9-7-2/h19,21,24-27,34,37,62H,6-18,20,22-23,28-33,35-36,38-61H2,1-5H3/p+1/b21-19-,26-24-,27-25-,37-34-. The van der Waals surface area contributed by atoms with Crippen LogP contribution in [0.5, 0.6) is 0 Å². The second kappa shape index (κ2) is 55.7. The smallest absolute Gasteiger partial charge is 0.462 e. The minimum atomic E-state index is -4.39. The van der Waals surface area contributed by atoms with Crippen molar-refractivity contribution >= 4 is 19.8 Å². The van der Waals surface area contributed by atoms with Gasteiger partial charge in [0.25, 0.3) is 0 Å². The third-order valence-electron chi connectivity index (χ3n) is 13.8. The molecule has 0 aromatic rings. The van der Waals surface area contributed by atoms with E-state index in [0.717, 1.165) is 57.8 Å². The number of phosphoric acid groups is 1. The molecule has 0 saturated heterocycles. The molecule has 2 atom stereocenters. The minimum absolute atomic E-state index is 0.0301. The van der Waals surface area contributed by atoms with E-state index in [9.17, 15) is 19.0 Å². The van der Waals surface area contributed by atoms with Gasteiger partial charge in [0.05, 0.1) is 27.7 Å². The lowest BCUT2D eigenvalue weighted by Crippen LogP contribution is -2.37. The zero-order valence-corrected chi connectivity index (χ0v) is 50.2. The number of allylic oxidation sites excluding steroid dienone is 8. The van der Waals surface area contributed by atoms with E-state index in [4.69, 9.17) is 18.5 Å². The Morgan fingerprint density at radius 2 is 0.730 bits per heavy atom. The molecule has 0 aromatic carbocycles. The summed E-state index contributed by atoms with van der Waals surface area (Å²) < 4.78 is 34.6. The number of ether oxygens (including phenoxy) is 2. The average Bonchev–Trinajstić information content (AvgIpc) is 3.36. The summed E-state index contributed by atoms with van der Waals surface area (Å²) in [4.78, 5) is 35.8. The van der Waals surface area contributed by atoms with Crippen molar-refractivity contribution in [3.63, 3.8) is 0 Å². The number of quaternary nitrogens is 1. The van der Waals surface area contributed by atoms with E-state index < -0.39 is 26.5 Å². The highest BCUT2D eigenvalue weighted by Gasteiger charge is 2.27. The highest BCUT2D eigenvalue weighted by Crippen LogP contribution is 2.43. The first-order valence-corrected chi connectivity index (χ1v) is 32.9. The lowest BCUT2D eigenvalue weighted by Gasteiger charge is -2.24. The zero-order chi connectivity index (χ0) is 54.2. The first kappa shape index (κ1) is 72.0. The molecule has 1 N–H and O–H groups in total. The molecule has 74 heavy (non-hydrogen) atoms. The minimum Gasteiger partial charge on any atom is -0.462 e. The van der Waals surface area contributed by atoms with Gasteiger partial charge < -0.3 is 18.9 Å². The highest BCUT2D eigenvalue weighted by molar-refractivity contribution is 7.47. The van der Waals surface area contributed by atoms with Gasteiger partial charge in [-0.15, -0.1) is 0 Å². The lowest BCUT2D eigenvalue weighted by molar-refractivity contribution is -0.870. The first-order valence-electron chi connectivity index (χ1n) is 31.4. The van der Waals surface area contributed by atoms with Gasteiger partial charge >= 0.3 is 19.8 Å². The number of phosphoric ester groups is 1. The molecule has 0 aliphatic heterocycles. The maximum absolute atomic E-state index is 12.8. The van der Waals surface area contributed by atoms with Crippen LogP contribution < -0.4 is 0 Å². The van der Waals surface area contributed by atoms with E-state index in [-0.39, 0.29) is 32.0 Å². The molecule has 0 fully saturated rings. The van der Waals surface area contributed by atoms with Crippen LogP contribution in [0.2, 0.25) is 0 Å². The normalized spacial score (nSPS) is 13.5. The van der Waals surface area contributed by atoms with Crippen molar-refractivity contribution in [3.8, 4) is 0 Å². The second-order valence-corrected chi connectivity index (χ2v) is 23.9. The summed E-state index contributed by atoms with van der Waals surface area (Å²) in [6.07, 6.45) is 70.4. The molecule has 0 bridgehead atoms. The van der Waals surface area contributed by atoms with Gasteiger partial charge in [-0.2, -0.15) is 0 Å². The number of hydrogen-bond donors (Lipinski definition) is 1. The molecule has 0 radical (unpaired) electrons. The second-order valence-electron chi connectivity index (χ2n) is 22.4. The largest absolute Gasteiger partial charge is 0.472 e. The molecule has 0 rings (SSSR count). The van der Waals surface area contributed by atoms with Gasteiger partial charge in [0.1, 0.15) is 19.8 Å². The summed E-state index contributed by atoms with van der Waals surface area (Å²) in [6, 6.07) is 0. The van der Waals surface area contributed by atoms with Crippen molar-refractivity contribution in [1.29, 1.82) is 0 Å². The summed E-state index contributed by atoms with van der Waals surface area (Å²) in [5, 5.41) is 0. The number of esters is 2. The monoisotopic (exact) mass is 1060 g/mol. The van der Waals surface area contributed by atoms with E-state index in [1.54, 1.807) is 0 Å². The molecule has 0 aliphatic carbocycles. The number of carbonyl (C=O) groups excluding carboxylic acids is 2. The average molecular weight is 1060 g/mol. The maximum atomic E-state index is 12.8. The van der Waals surface area contributed by atoms with E-state index in [0.29, 0.717) is 17.4 Å². The van der Waals surface area contributed by atoms with Gasteiger partial charge in [0.2, 0.25) is 0 Å². The number of likely N-dealkylation sites (N-methyl/N-ethyl adjacent to an activating group) is 1. The van der Waals surface area contributed by atoms with Crippen LogP contribution >= 0.6 is 7.82 Å². The Hall–Kier alpha value is -2.03. The van der Waals surface area contributed by atoms with E-state index in [1.807, 2.05) is 21.1 Å². The Morgan fingerprint density at radius 1 is 0.419 bits per heavy atom. The van der Waals surface area contributed by atoms with Gasteiger partial charge in [0, 0.05) is 12.8 Å². The van der Waals surface area contributed by atoms with Crippen LogP contribution in [0.4, 0.5) is 0 Å². The van der Waals surface area contributed by atoms with Crippen molar-refractivity contribution in [2.75, 3.05) is 47.5 Å². The maximum Gasteiger partial charge on any atom is 0.472 e. The van der Waals surface area contributed by atoms with Crippen LogP contribution in [0.3, 0.4) is 0 Å². The summed E-state index contributed by atoms with van der Waals surface area (Å²) in [5.74, 6) is -0.795. The Labute approximate surface area is 458 Å². The zero-order valence-electron chi connectivity index (χ0n) is 49.3. The van der Waals surface area contributed by atoms with Crippen LogP contribution in [0.15, 0.2) is 48.6 Å². The topological polar surface area (TPSA) is 108 Å². The highest BCUT2D eigenvalue weighted by atomic mass is 31.2. The molecular weight excluding hydrogens is 942 g/mol. The predicted octanol–water partition coefficient (Wildman–Crippen LogP) is 19.7. The molecule has 0 aliphatic rings. The van der Waals surface area contributed by atoms with E-state index >= 15 is 0 Å². The fourth-order valence-electron chi connectivity index (χ4n) is 8.96. The number of rotatable bonds is 58. The fraction of sp³-hybridized carbons (Fsp3) is 0.844. The molecule has 0 amide bonds. The molecule has 2 unspecified atom stereocenters. The number of unbranched alkanes of at least 4 members (excludes halogenated alkanes) is 36. The summed E-state index contributed by atoms with van der Waals surface area (Å²) in [6.45, 7) is 4.45. The molecular formula is C64H121NO8P+. The number of hydrogen-bond acceptors (Lipinski definition) is 7.